The molecule has 0 saturated heterocycles. The topological polar surface area (TPSA) is 43.9 Å². The maximum atomic E-state index is 6.45. The number of hydrogen-bond donors (Lipinski definition) is 0. The molecule has 0 bridgehead atoms. The summed E-state index contributed by atoms with van der Waals surface area (Å²) in [6.07, 6.45) is 3.21. The summed E-state index contributed by atoms with van der Waals surface area (Å²) in [6, 6.07) is 65.4. The van der Waals surface area contributed by atoms with Crippen LogP contribution >= 0.6 is 0 Å². The van der Waals surface area contributed by atoms with Crippen molar-refractivity contribution < 1.29 is 24.5 Å². The third-order valence-corrected chi connectivity index (χ3v) is 13.1. The van der Waals surface area contributed by atoms with Crippen LogP contribution in [0.3, 0.4) is 0 Å². The summed E-state index contributed by atoms with van der Waals surface area (Å²) in [4.78, 5) is 9.90. The molecule has 0 N–H and O–H groups in total. The predicted octanol–water partition coefficient (Wildman–Crippen LogP) is 14.4. The van der Waals surface area contributed by atoms with Crippen LogP contribution in [0.25, 0.3) is 83.6 Å². The fourth-order valence-electron chi connectivity index (χ4n) is 8.27. The Kier molecular flexibility index (Phi) is 12.1. The average molecular weight is 1000 g/mol. The van der Waals surface area contributed by atoms with Gasteiger partial charge in [0.15, 0.2) is 0 Å². The van der Waals surface area contributed by atoms with Crippen LogP contribution in [-0.4, -0.2) is 22.6 Å². The molecule has 0 unspecified atom stereocenters. The molecule has 6 heteroatoms. The molecule has 0 aliphatic heterocycles. The number of pyridine rings is 1. The van der Waals surface area contributed by atoms with Gasteiger partial charge in [-0.3, -0.25) is 4.98 Å². The van der Waals surface area contributed by atoms with Gasteiger partial charge in [0.2, 0.25) is 0 Å². The van der Waals surface area contributed by atoms with E-state index in [0.29, 0.717) is 0 Å². The van der Waals surface area contributed by atoms with Gasteiger partial charge in [0.25, 0.3) is 0 Å². The summed E-state index contributed by atoms with van der Waals surface area (Å²) in [5.41, 5.74) is 13.9. The molecule has 3 heterocycles. The summed E-state index contributed by atoms with van der Waals surface area (Å²) < 4.78 is 8.71. The Morgan fingerprint density at radius 1 is 0.645 bits per heavy atom. The Morgan fingerprint density at radius 2 is 1.34 bits per heavy atom. The number of benzene rings is 7. The normalized spacial score (nSPS) is 11.6. The Balaban J connectivity index is 0.000000205. The van der Waals surface area contributed by atoms with Crippen molar-refractivity contribution in [3.63, 3.8) is 0 Å². The van der Waals surface area contributed by atoms with E-state index in [2.05, 4.69) is 179 Å². The van der Waals surface area contributed by atoms with Gasteiger partial charge in [-0.2, -0.15) is 0 Å². The Hall–Kier alpha value is -6.17. The van der Waals surface area contributed by atoms with Crippen molar-refractivity contribution in [1.82, 2.24) is 14.5 Å². The molecule has 3 aromatic heterocycles. The van der Waals surface area contributed by atoms with Crippen LogP contribution in [-0.2, 0) is 26.5 Å². The van der Waals surface area contributed by atoms with Crippen molar-refractivity contribution in [3.8, 4) is 50.6 Å². The van der Waals surface area contributed by atoms with Crippen molar-refractivity contribution in [2.24, 2.45) is 5.41 Å². The number of imidazole rings is 1. The molecular formula is C56H49IrN3OSi-2. The largest absolute Gasteiger partial charge is 0.501 e. The van der Waals surface area contributed by atoms with Gasteiger partial charge in [0.1, 0.15) is 5.58 Å². The van der Waals surface area contributed by atoms with Crippen LogP contribution in [0.5, 0.6) is 0 Å². The smallest absolute Gasteiger partial charge is 0.120 e. The van der Waals surface area contributed by atoms with Crippen LogP contribution in [0.4, 0.5) is 0 Å². The van der Waals surface area contributed by atoms with E-state index in [1.54, 1.807) is 0 Å². The third-order valence-electron chi connectivity index (χ3n) is 11.1. The molecule has 0 atom stereocenters. The third kappa shape index (κ3) is 8.78. The van der Waals surface area contributed by atoms with Gasteiger partial charge in [-0.25, -0.2) is 0 Å². The molecule has 7 aromatic carbocycles. The van der Waals surface area contributed by atoms with Gasteiger partial charge in [-0.15, -0.1) is 54.1 Å². The first-order chi connectivity index (χ1) is 29.5. The quantitative estimate of drug-likeness (QED) is 0.118. The first-order valence-electron chi connectivity index (χ1n) is 21.0. The van der Waals surface area contributed by atoms with E-state index in [1.165, 1.54) is 16.3 Å². The van der Waals surface area contributed by atoms with Crippen LogP contribution in [0.15, 0.2) is 180 Å². The van der Waals surface area contributed by atoms with E-state index >= 15 is 0 Å². The Bertz CT molecular complexity index is 3120. The van der Waals surface area contributed by atoms with Crippen molar-refractivity contribution in [3.05, 3.63) is 194 Å². The van der Waals surface area contributed by atoms with Gasteiger partial charge < -0.3 is 14.0 Å². The van der Waals surface area contributed by atoms with Gasteiger partial charge in [0.05, 0.1) is 30.5 Å². The zero-order chi connectivity index (χ0) is 42.1. The first-order valence-corrected chi connectivity index (χ1v) is 24.5. The average Bonchev–Trinajstić information content (AvgIpc) is 3.85. The molecule has 309 valence electrons. The second kappa shape index (κ2) is 17.7. The van der Waals surface area contributed by atoms with Crippen molar-refractivity contribution in [2.45, 2.75) is 46.8 Å². The number of furan rings is 1. The van der Waals surface area contributed by atoms with Gasteiger partial charge in [-0.05, 0) is 63.7 Å². The minimum absolute atomic E-state index is 0. The Labute approximate surface area is 379 Å². The second-order valence-corrected chi connectivity index (χ2v) is 22.9. The van der Waals surface area contributed by atoms with Crippen molar-refractivity contribution in [1.29, 1.82) is 0 Å². The Morgan fingerprint density at radius 3 is 2.06 bits per heavy atom. The van der Waals surface area contributed by atoms with Crippen molar-refractivity contribution in [2.75, 3.05) is 0 Å². The molecule has 0 aliphatic carbocycles. The standard InChI is InChI=1S/C37H23N2O.C19H26NSi.Ir/c1-3-12-25(13-4-1)27-22-23-28(26-14-5-2-6-15-26)34(24-27)39-33-20-9-8-19-32(33)38-37(39)31-18-11-17-30-29-16-7-10-21-35(29)40-36(30)31;1-19(2,3)13-16-12-17(15-10-8-7-9-11-15)20-14-18(16)21(4,5)6;/h1-17,19-24H;7-10,12,14H,13H2,1-6H3;/q2*-1;. The maximum absolute atomic E-state index is 6.45. The number of aromatic nitrogens is 3. The fraction of sp³-hybridized carbons (Fsp3) is 0.143. The number of rotatable bonds is 7. The van der Waals surface area contributed by atoms with Gasteiger partial charge in [-0.1, -0.05) is 166 Å². The molecule has 0 saturated carbocycles. The summed E-state index contributed by atoms with van der Waals surface area (Å²) in [7, 11) is -1.37. The van der Waals surface area contributed by atoms with Crippen LogP contribution < -0.4 is 5.19 Å². The first kappa shape index (κ1) is 42.5. The molecule has 0 amide bonds. The van der Waals surface area contributed by atoms with Crippen molar-refractivity contribution >= 4 is 46.2 Å². The molecule has 62 heavy (non-hydrogen) atoms. The number of para-hydroxylation sites is 3. The zero-order valence-corrected chi connectivity index (χ0v) is 39.4. The van der Waals surface area contributed by atoms with E-state index in [0.717, 1.165) is 84.4 Å². The number of hydrogen-bond acceptors (Lipinski definition) is 3. The molecule has 10 rings (SSSR count). The molecule has 0 spiro atoms. The van der Waals surface area contributed by atoms with Crippen LogP contribution in [0.2, 0.25) is 19.6 Å². The fourth-order valence-corrected chi connectivity index (χ4v) is 9.85. The predicted molar refractivity (Wildman–Crippen MR) is 258 cm³/mol. The summed E-state index contributed by atoms with van der Waals surface area (Å²) in [5.74, 6) is 0.799. The molecule has 4 nitrogen and oxygen atoms in total. The summed E-state index contributed by atoms with van der Waals surface area (Å²) in [6.45, 7) is 14.1. The minimum atomic E-state index is -1.37. The van der Waals surface area contributed by atoms with Gasteiger partial charge >= 0.3 is 0 Å². The zero-order valence-electron chi connectivity index (χ0n) is 36.0. The number of fused-ring (bicyclic) bond motifs is 4. The monoisotopic (exact) mass is 1000 g/mol. The molecule has 0 fully saturated rings. The molecule has 1 radical (unpaired) electrons. The van der Waals surface area contributed by atoms with Crippen LogP contribution in [0, 0.1) is 17.5 Å². The van der Waals surface area contributed by atoms with E-state index < -0.39 is 8.07 Å². The SMILES string of the molecule is CC(C)(C)Cc1cc(-c2[c-]cccc2)ncc1[Si](C)(C)C.[Ir].[c-]1ccc2c(oc3ccccc32)c1-c1nc2ccccc2n1-c1cc(-c2ccccc2)ccc1-c1ccccc1. The van der Waals surface area contributed by atoms with E-state index in [9.17, 15) is 0 Å². The summed E-state index contributed by atoms with van der Waals surface area (Å²) in [5, 5.41) is 3.63. The molecule has 0 aliphatic rings. The molecular weight excluding hydrogens is 951 g/mol. The second-order valence-electron chi connectivity index (χ2n) is 17.9. The summed E-state index contributed by atoms with van der Waals surface area (Å²) >= 11 is 0. The van der Waals surface area contributed by atoms with Crippen LogP contribution in [0.1, 0.15) is 26.3 Å². The van der Waals surface area contributed by atoms with Gasteiger partial charge in [0, 0.05) is 42.9 Å². The maximum Gasteiger partial charge on any atom is 0.120 e. The van der Waals surface area contributed by atoms with E-state index in [-0.39, 0.29) is 25.5 Å². The van der Waals surface area contributed by atoms with E-state index in [4.69, 9.17) is 14.4 Å². The van der Waals surface area contributed by atoms with E-state index in [1.807, 2.05) is 54.6 Å². The minimum Gasteiger partial charge on any atom is -0.501 e. The number of nitrogens with zero attached hydrogens (tertiary/aromatic N) is 3. The molecule has 10 aromatic rings.